The molecule has 3 unspecified atom stereocenters. The van der Waals surface area contributed by atoms with Gasteiger partial charge in [-0.25, -0.2) is 0 Å². The highest BCUT2D eigenvalue weighted by Crippen LogP contribution is 2.37. The Bertz CT molecular complexity index is 489. The molecule has 0 saturated carbocycles. The second-order valence-corrected chi connectivity index (χ2v) is 8.63. The van der Waals surface area contributed by atoms with Gasteiger partial charge in [-0.3, -0.25) is 0 Å². The molecule has 0 aliphatic carbocycles. The number of likely N-dealkylation sites (N-methyl/N-ethyl adjacent to an activating group) is 1. The standard InChI is InChI=1S/C23H43NO4/c1-8-18(3)21-22(28-21)19(4)10-11-20(9-2)16-24(7)12-14-27-23(5,6)17-26-15-13-25/h9,18,21-22,25H,4,8,10-17H2,1-3,5-7H3. The summed E-state index contributed by atoms with van der Waals surface area (Å²) >= 11 is 0. The first kappa shape index (κ1) is 25.3. The smallest absolute Gasteiger partial charge is 0.105 e. The number of hydrogen-bond acceptors (Lipinski definition) is 5. The number of rotatable bonds is 16. The number of nitrogens with zero attached hydrogens (tertiary/aromatic N) is 1. The van der Waals surface area contributed by atoms with E-state index in [0.717, 1.165) is 32.4 Å². The van der Waals surface area contributed by atoms with E-state index in [9.17, 15) is 0 Å². The molecule has 3 atom stereocenters. The van der Waals surface area contributed by atoms with E-state index in [-0.39, 0.29) is 18.3 Å². The normalized spacial score (nSPS) is 21.2. The van der Waals surface area contributed by atoms with Crippen LogP contribution < -0.4 is 0 Å². The van der Waals surface area contributed by atoms with E-state index in [2.05, 4.69) is 45.4 Å². The molecule has 0 bridgehead atoms. The summed E-state index contributed by atoms with van der Waals surface area (Å²) in [6, 6.07) is 0. The molecule has 164 valence electrons. The van der Waals surface area contributed by atoms with Crippen LogP contribution in [0.2, 0.25) is 0 Å². The SMILES string of the molecule is C=C(CCC(=CC)CN(C)CCOC(C)(C)COCCO)C1OC1C(C)CC. The van der Waals surface area contributed by atoms with Gasteiger partial charge in [0, 0.05) is 13.1 Å². The highest BCUT2D eigenvalue weighted by molar-refractivity contribution is 5.16. The Balaban J connectivity index is 2.24. The Kier molecular flexibility index (Phi) is 11.5. The van der Waals surface area contributed by atoms with Crippen LogP contribution in [0.3, 0.4) is 0 Å². The zero-order valence-electron chi connectivity index (χ0n) is 19.0. The second kappa shape index (κ2) is 12.8. The van der Waals surface area contributed by atoms with E-state index in [1.165, 1.54) is 11.1 Å². The Hall–Kier alpha value is -0.720. The molecule has 1 rings (SSSR count). The number of aliphatic hydroxyl groups is 1. The number of allylic oxidation sites excluding steroid dienone is 1. The predicted molar refractivity (Wildman–Crippen MR) is 116 cm³/mol. The second-order valence-electron chi connectivity index (χ2n) is 8.63. The van der Waals surface area contributed by atoms with Crippen molar-refractivity contribution in [2.24, 2.45) is 5.92 Å². The molecule has 0 amide bonds. The van der Waals surface area contributed by atoms with Crippen LogP contribution in [0.15, 0.2) is 23.8 Å². The van der Waals surface area contributed by atoms with Crippen molar-refractivity contribution in [1.29, 1.82) is 0 Å². The maximum absolute atomic E-state index is 8.79. The summed E-state index contributed by atoms with van der Waals surface area (Å²) in [7, 11) is 2.12. The summed E-state index contributed by atoms with van der Waals surface area (Å²) in [4.78, 5) is 2.29. The third kappa shape index (κ3) is 9.66. The molecule has 5 heteroatoms. The van der Waals surface area contributed by atoms with E-state index in [0.29, 0.717) is 31.8 Å². The molecule has 0 spiro atoms. The molecule has 0 aromatic heterocycles. The van der Waals surface area contributed by atoms with Crippen LogP contribution in [-0.4, -0.2) is 74.4 Å². The maximum Gasteiger partial charge on any atom is 0.105 e. The van der Waals surface area contributed by atoms with Crippen LogP contribution in [0, 0.1) is 5.92 Å². The molecule has 1 aliphatic rings. The maximum atomic E-state index is 8.79. The monoisotopic (exact) mass is 397 g/mol. The molecule has 5 nitrogen and oxygen atoms in total. The highest BCUT2D eigenvalue weighted by atomic mass is 16.6. The quantitative estimate of drug-likeness (QED) is 0.244. The van der Waals surface area contributed by atoms with Crippen LogP contribution in [-0.2, 0) is 14.2 Å². The van der Waals surface area contributed by atoms with E-state index < -0.39 is 0 Å². The largest absolute Gasteiger partial charge is 0.394 e. The minimum Gasteiger partial charge on any atom is -0.394 e. The molecular formula is C23H43NO4. The molecular weight excluding hydrogens is 354 g/mol. The van der Waals surface area contributed by atoms with Crippen LogP contribution in [0.1, 0.15) is 53.9 Å². The summed E-state index contributed by atoms with van der Waals surface area (Å²) in [6.07, 6.45) is 6.07. The molecule has 1 fully saturated rings. The van der Waals surface area contributed by atoms with Gasteiger partial charge in [-0.2, -0.15) is 0 Å². The van der Waals surface area contributed by atoms with Crippen molar-refractivity contribution >= 4 is 0 Å². The lowest BCUT2D eigenvalue weighted by Crippen LogP contribution is -2.35. The number of aliphatic hydroxyl groups excluding tert-OH is 1. The predicted octanol–water partition coefficient (Wildman–Crippen LogP) is 3.82. The van der Waals surface area contributed by atoms with Crippen molar-refractivity contribution in [2.45, 2.75) is 71.7 Å². The number of ether oxygens (including phenoxy) is 3. The van der Waals surface area contributed by atoms with E-state index in [4.69, 9.17) is 19.3 Å². The lowest BCUT2D eigenvalue weighted by Gasteiger charge is -2.27. The van der Waals surface area contributed by atoms with Gasteiger partial charge < -0.3 is 24.2 Å². The first-order chi connectivity index (χ1) is 13.2. The summed E-state index contributed by atoms with van der Waals surface area (Å²) < 4.78 is 17.2. The van der Waals surface area contributed by atoms with Crippen LogP contribution in [0.4, 0.5) is 0 Å². The third-order valence-electron chi connectivity index (χ3n) is 5.43. The van der Waals surface area contributed by atoms with Crippen molar-refractivity contribution in [3.8, 4) is 0 Å². The zero-order valence-corrected chi connectivity index (χ0v) is 19.0. The van der Waals surface area contributed by atoms with Gasteiger partial charge in [-0.15, -0.1) is 0 Å². The van der Waals surface area contributed by atoms with Crippen molar-refractivity contribution in [3.63, 3.8) is 0 Å². The van der Waals surface area contributed by atoms with Gasteiger partial charge in [0.25, 0.3) is 0 Å². The fraction of sp³-hybridized carbons (Fsp3) is 0.826. The van der Waals surface area contributed by atoms with Gasteiger partial charge in [-0.05, 0) is 52.2 Å². The Morgan fingerprint density at radius 1 is 1.32 bits per heavy atom. The lowest BCUT2D eigenvalue weighted by molar-refractivity contribution is -0.0817. The number of epoxide rings is 1. The first-order valence-electron chi connectivity index (χ1n) is 10.7. The van der Waals surface area contributed by atoms with Gasteiger partial charge in [-0.1, -0.05) is 38.5 Å². The average molecular weight is 398 g/mol. The Morgan fingerprint density at radius 2 is 2.04 bits per heavy atom. The van der Waals surface area contributed by atoms with Gasteiger partial charge in [0.15, 0.2) is 0 Å². The fourth-order valence-corrected chi connectivity index (χ4v) is 3.22. The van der Waals surface area contributed by atoms with Gasteiger partial charge in [0.2, 0.25) is 0 Å². The topological polar surface area (TPSA) is 54.5 Å². The van der Waals surface area contributed by atoms with Crippen LogP contribution in [0.5, 0.6) is 0 Å². The van der Waals surface area contributed by atoms with Crippen LogP contribution in [0.25, 0.3) is 0 Å². The Morgan fingerprint density at radius 3 is 2.64 bits per heavy atom. The van der Waals surface area contributed by atoms with Crippen molar-refractivity contribution < 1.29 is 19.3 Å². The molecule has 1 heterocycles. The van der Waals surface area contributed by atoms with E-state index >= 15 is 0 Å². The van der Waals surface area contributed by atoms with Gasteiger partial charge >= 0.3 is 0 Å². The molecule has 0 radical (unpaired) electrons. The van der Waals surface area contributed by atoms with Gasteiger partial charge in [0.1, 0.15) is 6.10 Å². The molecule has 1 saturated heterocycles. The summed E-state index contributed by atoms with van der Waals surface area (Å²) in [5.41, 5.74) is 2.32. The highest BCUT2D eigenvalue weighted by Gasteiger charge is 2.43. The number of hydrogen-bond donors (Lipinski definition) is 1. The average Bonchev–Trinajstić information content (AvgIpc) is 3.45. The van der Waals surface area contributed by atoms with Crippen molar-refractivity contribution in [3.05, 3.63) is 23.8 Å². The van der Waals surface area contributed by atoms with E-state index in [1.54, 1.807) is 0 Å². The van der Waals surface area contributed by atoms with Crippen LogP contribution >= 0.6 is 0 Å². The molecule has 28 heavy (non-hydrogen) atoms. The summed E-state index contributed by atoms with van der Waals surface area (Å²) in [5.74, 6) is 0.618. The van der Waals surface area contributed by atoms with E-state index in [1.807, 2.05) is 13.8 Å². The molecule has 0 aromatic carbocycles. The van der Waals surface area contributed by atoms with Crippen molar-refractivity contribution in [1.82, 2.24) is 4.90 Å². The molecule has 1 aliphatic heterocycles. The molecule has 1 N–H and O–H groups in total. The molecule has 0 aromatic rings. The third-order valence-corrected chi connectivity index (χ3v) is 5.43. The summed E-state index contributed by atoms with van der Waals surface area (Å²) in [6.45, 7) is 18.2. The summed E-state index contributed by atoms with van der Waals surface area (Å²) in [5, 5.41) is 8.79. The minimum atomic E-state index is -0.340. The van der Waals surface area contributed by atoms with Gasteiger partial charge in [0.05, 0.1) is 38.1 Å². The fourth-order valence-electron chi connectivity index (χ4n) is 3.22. The zero-order chi connectivity index (χ0) is 21.2. The lowest BCUT2D eigenvalue weighted by atomic mass is 9.96. The van der Waals surface area contributed by atoms with Crippen molar-refractivity contribution in [2.75, 3.05) is 46.6 Å². The Labute approximate surface area is 172 Å². The minimum absolute atomic E-state index is 0.0442. The first-order valence-corrected chi connectivity index (χ1v) is 10.7.